The zero-order valence-electron chi connectivity index (χ0n) is 10.1. The van der Waals surface area contributed by atoms with E-state index >= 15 is 0 Å². The third-order valence-electron chi connectivity index (χ3n) is 2.25. The van der Waals surface area contributed by atoms with Crippen molar-refractivity contribution in [3.63, 3.8) is 0 Å². The quantitative estimate of drug-likeness (QED) is 0.797. The number of thiophene rings is 1. The van der Waals surface area contributed by atoms with Gasteiger partial charge in [0.1, 0.15) is 6.04 Å². The van der Waals surface area contributed by atoms with Crippen LogP contribution in [-0.2, 0) is 16.1 Å². The highest BCUT2D eigenvalue weighted by Gasteiger charge is 2.21. The minimum Gasteiger partial charge on any atom is -0.344 e. The van der Waals surface area contributed by atoms with Crippen LogP contribution in [0.3, 0.4) is 0 Å². The van der Waals surface area contributed by atoms with Crippen molar-refractivity contribution in [3.8, 4) is 0 Å². The van der Waals surface area contributed by atoms with Gasteiger partial charge in [-0.2, -0.15) is 12.6 Å². The standard InChI is InChI=1S/C11H15BrN2O2S2/c1-7(15)13-10(5-17)11(16)14(2)4-9-3-8(12)6-18-9/h3,6,10,17H,4-5H2,1-2H3,(H,13,15). The van der Waals surface area contributed by atoms with Crippen LogP contribution in [0.1, 0.15) is 11.8 Å². The molecule has 1 heterocycles. The second-order valence-corrected chi connectivity index (χ2v) is 6.14. The molecule has 0 spiro atoms. The maximum atomic E-state index is 12.1. The zero-order chi connectivity index (χ0) is 13.7. The van der Waals surface area contributed by atoms with Gasteiger partial charge in [0.05, 0.1) is 6.54 Å². The summed E-state index contributed by atoms with van der Waals surface area (Å²) in [5.41, 5.74) is 0. The minimum absolute atomic E-state index is 0.135. The minimum atomic E-state index is -0.570. The number of halogens is 1. The van der Waals surface area contributed by atoms with Gasteiger partial charge in [-0.15, -0.1) is 11.3 Å². The molecule has 1 atom stereocenters. The number of nitrogens with one attached hydrogen (secondary N) is 1. The first-order chi connectivity index (χ1) is 8.43. The molecule has 0 saturated carbocycles. The molecule has 0 bridgehead atoms. The van der Waals surface area contributed by atoms with Gasteiger partial charge in [-0.1, -0.05) is 0 Å². The van der Waals surface area contributed by atoms with Crippen LogP contribution < -0.4 is 5.32 Å². The fourth-order valence-electron chi connectivity index (χ4n) is 1.45. The van der Waals surface area contributed by atoms with E-state index in [9.17, 15) is 9.59 Å². The van der Waals surface area contributed by atoms with E-state index in [1.807, 2.05) is 11.4 Å². The highest BCUT2D eigenvalue weighted by atomic mass is 79.9. The largest absolute Gasteiger partial charge is 0.344 e. The van der Waals surface area contributed by atoms with Gasteiger partial charge in [0.25, 0.3) is 0 Å². The molecule has 1 unspecified atom stereocenters. The van der Waals surface area contributed by atoms with Crippen LogP contribution in [0.15, 0.2) is 15.9 Å². The lowest BCUT2D eigenvalue weighted by Gasteiger charge is -2.22. The van der Waals surface area contributed by atoms with Crippen LogP contribution in [0.2, 0.25) is 0 Å². The Morgan fingerprint density at radius 3 is 2.72 bits per heavy atom. The number of hydrogen-bond acceptors (Lipinski definition) is 4. The molecule has 4 nitrogen and oxygen atoms in total. The number of likely N-dealkylation sites (N-methyl/N-ethyl adjacent to an activating group) is 1. The smallest absolute Gasteiger partial charge is 0.246 e. The van der Waals surface area contributed by atoms with Crippen molar-refractivity contribution in [2.24, 2.45) is 0 Å². The van der Waals surface area contributed by atoms with Crippen LogP contribution >= 0.6 is 39.9 Å². The molecule has 7 heteroatoms. The van der Waals surface area contributed by atoms with Crippen molar-refractivity contribution in [2.45, 2.75) is 19.5 Å². The van der Waals surface area contributed by atoms with Gasteiger partial charge in [-0.3, -0.25) is 9.59 Å². The van der Waals surface area contributed by atoms with E-state index in [2.05, 4.69) is 33.9 Å². The van der Waals surface area contributed by atoms with Gasteiger partial charge in [0.15, 0.2) is 0 Å². The summed E-state index contributed by atoms with van der Waals surface area (Å²) >= 11 is 9.04. The lowest BCUT2D eigenvalue weighted by molar-refractivity contribution is -0.134. The predicted molar refractivity (Wildman–Crippen MR) is 80.0 cm³/mol. The van der Waals surface area contributed by atoms with Gasteiger partial charge >= 0.3 is 0 Å². The first kappa shape index (κ1) is 15.5. The molecular weight excluding hydrogens is 336 g/mol. The van der Waals surface area contributed by atoms with Gasteiger partial charge in [0.2, 0.25) is 11.8 Å². The Morgan fingerprint density at radius 2 is 2.28 bits per heavy atom. The number of nitrogens with zero attached hydrogens (tertiary/aromatic N) is 1. The molecule has 1 aromatic rings. The van der Waals surface area contributed by atoms with Gasteiger partial charge in [-0.05, 0) is 22.0 Å². The van der Waals surface area contributed by atoms with E-state index in [0.29, 0.717) is 6.54 Å². The summed E-state index contributed by atoms with van der Waals surface area (Å²) in [5.74, 6) is -0.0731. The van der Waals surface area contributed by atoms with Crippen molar-refractivity contribution in [2.75, 3.05) is 12.8 Å². The second-order valence-electron chi connectivity index (χ2n) is 3.86. The number of carbonyl (C=O) groups is 2. The van der Waals surface area contributed by atoms with Crippen molar-refractivity contribution >= 4 is 51.7 Å². The molecule has 0 aliphatic carbocycles. The zero-order valence-corrected chi connectivity index (χ0v) is 13.4. The van der Waals surface area contributed by atoms with E-state index < -0.39 is 6.04 Å². The molecule has 0 fully saturated rings. The van der Waals surface area contributed by atoms with Crippen LogP contribution in [-0.4, -0.2) is 35.6 Å². The summed E-state index contributed by atoms with van der Waals surface area (Å²) in [6.45, 7) is 1.92. The van der Waals surface area contributed by atoms with E-state index in [1.165, 1.54) is 6.92 Å². The maximum Gasteiger partial charge on any atom is 0.246 e. The summed E-state index contributed by atoms with van der Waals surface area (Å²) in [4.78, 5) is 25.7. The monoisotopic (exact) mass is 350 g/mol. The number of rotatable bonds is 5. The molecule has 0 saturated heterocycles. The topological polar surface area (TPSA) is 49.4 Å². The Labute approximate surface area is 124 Å². The van der Waals surface area contributed by atoms with Crippen LogP contribution in [0.4, 0.5) is 0 Å². The molecule has 100 valence electrons. The summed E-state index contributed by atoms with van der Waals surface area (Å²) in [5, 5.41) is 4.56. The Hall–Kier alpha value is -0.530. The number of thiol groups is 1. The third kappa shape index (κ3) is 4.62. The van der Waals surface area contributed by atoms with E-state index in [4.69, 9.17) is 0 Å². The van der Waals surface area contributed by atoms with Crippen LogP contribution in [0, 0.1) is 0 Å². The first-order valence-corrected chi connectivity index (χ1v) is 7.60. The SMILES string of the molecule is CC(=O)NC(CS)C(=O)N(C)Cc1cc(Br)cs1. The molecule has 0 aliphatic rings. The number of hydrogen-bond donors (Lipinski definition) is 2. The van der Waals surface area contributed by atoms with Crippen LogP contribution in [0.25, 0.3) is 0 Å². The van der Waals surface area contributed by atoms with E-state index in [0.717, 1.165) is 9.35 Å². The second kappa shape index (κ2) is 7.16. The van der Waals surface area contributed by atoms with Crippen LogP contribution in [0.5, 0.6) is 0 Å². The molecule has 0 aliphatic heterocycles. The van der Waals surface area contributed by atoms with Crippen molar-refractivity contribution < 1.29 is 9.59 Å². The Balaban J connectivity index is 2.61. The van der Waals surface area contributed by atoms with Gasteiger partial charge < -0.3 is 10.2 Å². The third-order valence-corrected chi connectivity index (χ3v) is 4.30. The Bertz CT molecular complexity index is 436. The van der Waals surface area contributed by atoms with Gasteiger partial charge in [0, 0.05) is 34.5 Å². The normalized spacial score (nSPS) is 12.0. The van der Waals surface area contributed by atoms with Crippen molar-refractivity contribution in [3.05, 3.63) is 20.8 Å². The first-order valence-electron chi connectivity index (χ1n) is 5.30. The molecule has 0 aromatic carbocycles. The fourth-order valence-corrected chi connectivity index (χ4v) is 3.20. The maximum absolute atomic E-state index is 12.1. The molecule has 18 heavy (non-hydrogen) atoms. The molecule has 1 rings (SSSR count). The average Bonchev–Trinajstić information content (AvgIpc) is 2.70. The summed E-state index contributed by atoms with van der Waals surface area (Å²) in [7, 11) is 1.72. The molecule has 1 aromatic heterocycles. The van der Waals surface area contributed by atoms with E-state index in [1.54, 1.807) is 23.3 Å². The summed E-state index contributed by atoms with van der Waals surface area (Å²) in [6, 6.07) is 1.40. The number of amides is 2. The average molecular weight is 351 g/mol. The summed E-state index contributed by atoms with van der Waals surface area (Å²) in [6.07, 6.45) is 0. The van der Waals surface area contributed by atoms with E-state index in [-0.39, 0.29) is 17.6 Å². The van der Waals surface area contributed by atoms with Crippen molar-refractivity contribution in [1.29, 1.82) is 0 Å². The highest BCUT2D eigenvalue weighted by Crippen LogP contribution is 2.21. The van der Waals surface area contributed by atoms with Gasteiger partial charge in [-0.25, -0.2) is 0 Å². The Morgan fingerprint density at radius 1 is 1.61 bits per heavy atom. The molecule has 2 amide bonds. The van der Waals surface area contributed by atoms with Crippen molar-refractivity contribution in [1.82, 2.24) is 10.2 Å². The highest BCUT2D eigenvalue weighted by molar-refractivity contribution is 9.10. The number of carbonyl (C=O) groups excluding carboxylic acids is 2. The predicted octanol–water partition coefficient (Wildman–Crippen LogP) is 1.90. The molecular formula is C11H15BrN2O2S2. The molecule has 0 radical (unpaired) electrons. The summed E-state index contributed by atoms with van der Waals surface area (Å²) < 4.78 is 1.01. The fraction of sp³-hybridized carbons (Fsp3) is 0.455. The molecule has 1 N–H and O–H groups in total. The Kier molecular flexibility index (Phi) is 6.17. The lowest BCUT2D eigenvalue weighted by atomic mass is 10.2. The lowest BCUT2D eigenvalue weighted by Crippen LogP contribution is -2.47.